The molecular formula is C27H44O2. The van der Waals surface area contributed by atoms with Crippen molar-refractivity contribution in [3.8, 4) is 0 Å². The van der Waals surface area contributed by atoms with Crippen LogP contribution in [-0.4, -0.2) is 22.4 Å². The SMILES string of the molecule is C=C1CC[C@H](O)C/C1=C\C=C1/CCC[C@]2(C)[C@@H]([C@H](C)[C@@H](O)CCC(C)C)CC[C@@H]12. The molecule has 0 radical (unpaired) electrons. The molecule has 0 spiro atoms. The number of allylic oxidation sites excluding steroid dienone is 4. The van der Waals surface area contributed by atoms with Gasteiger partial charge in [0.2, 0.25) is 0 Å². The van der Waals surface area contributed by atoms with Crippen LogP contribution in [0, 0.1) is 29.1 Å². The van der Waals surface area contributed by atoms with Gasteiger partial charge in [0, 0.05) is 0 Å². The number of fused-ring (bicyclic) bond motifs is 1. The maximum absolute atomic E-state index is 10.9. The quantitative estimate of drug-likeness (QED) is 0.528. The van der Waals surface area contributed by atoms with E-state index in [2.05, 4.69) is 46.4 Å². The van der Waals surface area contributed by atoms with Gasteiger partial charge in [-0.15, -0.1) is 0 Å². The van der Waals surface area contributed by atoms with Crippen LogP contribution < -0.4 is 0 Å². The zero-order chi connectivity index (χ0) is 21.2. The lowest BCUT2D eigenvalue weighted by molar-refractivity contribution is 0.0147. The molecule has 0 saturated heterocycles. The van der Waals surface area contributed by atoms with E-state index in [0.717, 1.165) is 32.1 Å². The van der Waals surface area contributed by atoms with Gasteiger partial charge in [-0.1, -0.05) is 57.6 Å². The smallest absolute Gasteiger partial charge is 0.0583 e. The van der Waals surface area contributed by atoms with Gasteiger partial charge in [0.1, 0.15) is 0 Å². The van der Waals surface area contributed by atoms with Crippen molar-refractivity contribution in [2.24, 2.45) is 29.1 Å². The molecule has 0 aromatic carbocycles. The van der Waals surface area contributed by atoms with Gasteiger partial charge in [-0.05, 0) is 98.9 Å². The first kappa shape index (κ1) is 22.8. The Morgan fingerprint density at radius 1 is 1.10 bits per heavy atom. The summed E-state index contributed by atoms with van der Waals surface area (Å²) in [5.74, 6) is 2.32. The number of aliphatic hydroxyl groups is 2. The Balaban J connectivity index is 1.73. The fourth-order valence-electron chi connectivity index (χ4n) is 6.57. The summed E-state index contributed by atoms with van der Waals surface area (Å²) in [4.78, 5) is 0. The van der Waals surface area contributed by atoms with Crippen LogP contribution in [0.1, 0.15) is 91.9 Å². The Morgan fingerprint density at radius 3 is 2.59 bits per heavy atom. The third-order valence-corrected chi connectivity index (χ3v) is 8.51. The van der Waals surface area contributed by atoms with E-state index in [1.165, 1.54) is 43.3 Å². The molecule has 0 aromatic rings. The van der Waals surface area contributed by atoms with Crippen molar-refractivity contribution in [2.75, 3.05) is 0 Å². The standard InChI is InChI=1S/C27H44O2/c1-18(2)8-15-26(29)20(4)24-13-14-25-21(7-6-16-27(24,25)5)10-11-22-17-23(28)12-9-19(22)3/h10-11,18,20,23-26,28-29H,3,6-9,12-17H2,1-2,4-5H3/b21-10+,22-11+/t20-,23-,24+,25-,26-,27+/m0/s1. The molecule has 0 aliphatic heterocycles. The second kappa shape index (κ2) is 9.52. The predicted octanol–water partition coefficient (Wildman–Crippen LogP) is 6.59. The van der Waals surface area contributed by atoms with Crippen molar-refractivity contribution < 1.29 is 10.2 Å². The Hall–Kier alpha value is -0.860. The molecule has 2 heteroatoms. The maximum atomic E-state index is 10.9. The molecule has 2 nitrogen and oxygen atoms in total. The van der Waals surface area contributed by atoms with Crippen molar-refractivity contribution in [3.63, 3.8) is 0 Å². The van der Waals surface area contributed by atoms with Gasteiger partial charge >= 0.3 is 0 Å². The second-order valence-corrected chi connectivity index (χ2v) is 10.9. The second-order valence-electron chi connectivity index (χ2n) is 10.9. The third-order valence-electron chi connectivity index (χ3n) is 8.51. The van der Waals surface area contributed by atoms with E-state index in [1.54, 1.807) is 5.57 Å². The Morgan fingerprint density at radius 2 is 1.86 bits per heavy atom. The first-order chi connectivity index (χ1) is 13.7. The van der Waals surface area contributed by atoms with E-state index in [1.807, 2.05) is 0 Å². The van der Waals surface area contributed by atoms with E-state index >= 15 is 0 Å². The molecule has 0 amide bonds. The summed E-state index contributed by atoms with van der Waals surface area (Å²) in [5.41, 5.74) is 4.38. The minimum atomic E-state index is -0.203. The lowest BCUT2D eigenvalue weighted by Gasteiger charge is -2.45. The summed E-state index contributed by atoms with van der Waals surface area (Å²) in [6.07, 6.45) is 15.1. The predicted molar refractivity (Wildman–Crippen MR) is 123 cm³/mol. The summed E-state index contributed by atoms with van der Waals surface area (Å²) in [6.45, 7) is 13.5. The fraction of sp³-hybridized carbons (Fsp3) is 0.778. The topological polar surface area (TPSA) is 40.5 Å². The van der Waals surface area contributed by atoms with E-state index in [9.17, 15) is 10.2 Å². The minimum Gasteiger partial charge on any atom is -0.393 e. The molecule has 2 N–H and O–H groups in total. The van der Waals surface area contributed by atoms with Gasteiger partial charge in [0.25, 0.3) is 0 Å². The third kappa shape index (κ3) is 5.07. The highest BCUT2D eigenvalue weighted by atomic mass is 16.3. The average molecular weight is 401 g/mol. The van der Waals surface area contributed by atoms with E-state index in [4.69, 9.17) is 0 Å². The molecule has 3 rings (SSSR count). The Kier molecular flexibility index (Phi) is 7.49. The van der Waals surface area contributed by atoms with Gasteiger partial charge in [-0.2, -0.15) is 0 Å². The van der Waals surface area contributed by atoms with Crippen molar-refractivity contribution in [1.82, 2.24) is 0 Å². The number of rotatable bonds is 6. The van der Waals surface area contributed by atoms with Gasteiger partial charge in [0.05, 0.1) is 12.2 Å². The van der Waals surface area contributed by atoms with Crippen LogP contribution in [-0.2, 0) is 0 Å². The molecule has 0 aromatic heterocycles. The Bertz CT molecular complexity index is 643. The lowest BCUT2D eigenvalue weighted by atomic mass is 9.60. The minimum absolute atomic E-state index is 0.165. The summed E-state index contributed by atoms with van der Waals surface area (Å²) in [6, 6.07) is 0. The van der Waals surface area contributed by atoms with Gasteiger partial charge in [-0.25, -0.2) is 0 Å². The molecule has 29 heavy (non-hydrogen) atoms. The van der Waals surface area contributed by atoms with Crippen LogP contribution in [0.3, 0.4) is 0 Å². The van der Waals surface area contributed by atoms with Crippen LogP contribution >= 0.6 is 0 Å². The van der Waals surface area contributed by atoms with Crippen LogP contribution in [0.25, 0.3) is 0 Å². The van der Waals surface area contributed by atoms with Gasteiger partial charge in [-0.3, -0.25) is 0 Å². The first-order valence-corrected chi connectivity index (χ1v) is 12.2. The van der Waals surface area contributed by atoms with E-state index in [0.29, 0.717) is 29.1 Å². The summed E-state index contributed by atoms with van der Waals surface area (Å²) in [5, 5.41) is 20.9. The van der Waals surface area contributed by atoms with Crippen molar-refractivity contribution in [3.05, 3.63) is 35.5 Å². The molecule has 0 unspecified atom stereocenters. The molecule has 3 saturated carbocycles. The van der Waals surface area contributed by atoms with Gasteiger partial charge in [0.15, 0.2) is 0 Å². The highest BCUT2D eigenvalue weighted by molar-refractivity contribution is 5.36. The highest BCUT2D eigenvalue weighted by Gasteiger charge is 2.51. The average Bonchev–Trinajstić information content (AvgIpc) is 3.03. The molecule has 3 aliphatic carbocycles. The van der Waals surface area contributed by atoms with Gasteiger partial charge < -0.3 is 10.2 Å². The van der Waals surface area contributed by atoms with Crippen LogP contribution in [0.4, 0.5) is 0 Å². The molecule has 3 aliphatic rings. The van der Waals surface area contributed by atoms with Crippen LogP contribution in [0.5, 0.6) is 0 Å². The number of hydrogen-bond donors (Lipinski definition) is 2. The summed E-state index contributed by atoms with van der Waals surface area (Å²) in [7, 11) is 0. The zero-order valence-electron chi connectivity index (χ0n) is 19.3. The van der Waals surface area contributed by atoms with Crippen molar-refractivity contribution >= 4 is 0 Å². The fourth-order valence-corrected chi connectivity index (χ4v) is 6.57. The summed E-state index contributed by atoms with van der Waals surface area (Å²) < 4.78 is 0. The maximum Gasteiger partial charge on any atom is 0.0583 e. The molecular weight excluding hydrogens is 356 g/mol. The van der Waals surface area contributed by atoms with E-state index < -0.39 is 0 Å². The molecule has 0 bridgehead atoms. The molecule has 164 valence electrons. The van der Waals surface area contributed by atoms with Crippen LogP contribution in [0.15, 0.2) is 35.5 Å². The van der Waals surface area contributed by atoms with Crippen molar-refractivity contribution in [1.29, 1.82) is 0 Å². The highest BCUT2D eigenvalue weighted by Crippen LogP contribution is 2.60. The normalized spacial score (nSPS) is 37.9. The largest absolute Gasteiger partial charge is 0.393 e. The van der Waals surface area contributed by atoms with E-state index in [-0.39, 0.29) is 12.2 Å². The number of aliphatic hydroxyl groups excluding tert-OH is 2. The molecule has 6 atom stereocenters. The zero-order valence-corrected chi connectivity index (χ0v) is 19.3. The van der Waals surface area contributed by atoms with Crippen LogP contribution in [0.2, 0.25) is 0 Å². The first-order valence-electron chi connectivity index (χ1n) is 12.2. The lowest BCUT2D eigenvalue weighted by Crippen LogP contribution is -2.39. The summed E-state index contributed by atoms with van der Waals surface area (Å²) >= 11 is 0. The number of hydrogen-bond acceptors (Lipinski definition) is 2. The molecule has 3 fully saturated rings. The van der Waals surface area contributed by atoms with Crippen molar-refractivity contribution in [2.45, 2.75) is 104 Å². The Labute approximate surface area is 179 Å². The monoisotopic (exact) mass is 400 g/mol. The molecule has 0 heterocycles.